The van der Waals surface area contributed by atoms with Gasteiger partial charge in [0, 0.05) is 11.4 Å². The highest BCUT2D eigenvalue weighted by Crippen LogP contribution is 1.82. The number of ether oxygens (including phenoxy) is 1. The molecule has 0 aliphatic rings. The van der Waals surface area contributed by atoms with Gasteiger partial charge in [-0.2, -0.15) is 0 Å². The van der Waals surface area contributed by atoms with Gasteiger partial charge in [-0.15, -0.1) is 0 Å². The minimum absolute atomic E-state index is 0.315. The smallest absolute Gasteiger partial charge is 0.330 e. The summed E-state index contributed by atoms with van der Waals surface area (Å²) in [5.74, 6) is -0.315. The molecule has 0 heterocycles. The van der Waals surface area contributed by atoms with Crippen LogP contribution in [0.15, 0.2) is 12.2 Å². The summed E-state index contributed by atoms with van der Waals surface area (Å²) in [6.07, 6.45) is 3.04. The summed E-state index contributed by atoms with van der Waals surface area (Å²) < 4.78 is 4.31. The van der Waals surface area contributed by atoms with Gasteiger partial charge >= 0.3 is 5.97 Å². The second kappa shape index (κ2) is 4.84. The molecule has 8 heavy (non-hydrogen) atoms. The van der Waals surface area contributed by atoms with Crippen molar-refractivity contribution in [2.24, 2.45) is 0 Å². The Kier molecular flexibility index (Phi) is 4.65. The van der Waals surface area contributed by atoms with Crippen molar-refractivity contribution >= 4 is 21.9 Å². The van der Waals surface area contributed by atoms with Crippen molar-refractivity contribution in [1.29, 1.82) is 0 Å². The van der Waals surface area contributed by atoms with Crippen LogP contribution in [0, 0.1) is 0 Å². The van der Waals surface area contributed by atoms with Crippen molar-refractivity contribution < 1.29 is 9.53 Å². The molecule has 0 rings (SSSR count). The van der Waals surface area contributed by atoms with E-state index in [0.717, 1.165) is 0 Å². The van der Waals surface area contributed by atoms with Gasteiger partial charge in [0.1, 0.15) is 0 Å². The van der Waals surface area contributed by atoms with Gasteiger partial charge in [0.25, 0.3) is 0 Å². The van der Waals surface area contributed by atoms with E-state index in [4.69, 9.17) is 0 Å². The van der Waals surface area contributed by atoms with Gasteiger partial charge in [-0.1, -0.05) is 22.0 Å². The van der Waals surface area contributed by atoms with Gasteiger partial charge < -0.3 is 4.74 Å². The third-order valence-electron chi connectivity index (χ3n) is 0.544. The van der Waals surface area contributed by atoms with Crippen LogP contribution in [0.1, 0.15) is 0 Å². The first-order valence-corrected chi connectivity index (χ1v) is 3.24. The van der Waals surface area contributed by atoms with Crippen molar-refractivity contribution in [3.63, 3.8) is 0 Å². The molecule has 3 heteroatoms. The zero-order valence-corrected chi connectivity index (χ0v) is 6.14. The summed E-state index contributed by atoms with van der Waals surface area (Å²) in [6, 6.07) is 0. The maximum Gasteiger partial charge on any atom is 0.330 e. The lowest BCUT2D eigenvalue weighted by molar-refractivity contribution is -0.134. The van der Waals surface area contributed by atoms with Crippen LogP contribution in [0.25, 0.3) is 0 Å². The molecule has 0 fully saturated rings. The summed E-state index contributed by atoms with van der Waals surface area (Å²) in [5, 5.41) is 0.683. The molecule has 0 aliphatic carbocycles. The minimum atomic E-state index is -0.315. The SMILES string of the molecule is COC(=O)/C=[14CH]/[14CH2]Br. The maximum absolute atomic E-state index is 10.2. The molecular weight excluding hydrogens is 176 g/mol. The van der Waals surface area contributed by atoms with E-state index in [9.17, 15) is 4.79 Å². The number of hydrogen-bond acceptors (Lipinski definition) is 2. The van der Waals surface area contributed by atoms with Crippen LogP contribution in [-0.4, -0.2) is 18.4 Å². The second-order valence-corrected chi connectivity index (χ2v) is 1.73. The summed E-state index contributed by atoms with van der Waals surface area (Å²) in [6.45, 7) is 0. The van der Waals surface area contributed by atoms with Crippen molar-refractivity contribution in [3.8, 4) is 0 Å². The van der Waals surface area contributed by atoms with Gasteiger partial charge in [-0.3, -0.25) is 0 Å². The first-order chi connectivity index (χ1) is 3.81. The van der Waals surface area contributed by atoms with Crippen molar-refractivity contribution in [2.45, 2.75) is 0 Å². The lowest BCUT2D eigenvalue weighted by Gasteiger charge is -1.85. The molecule has 0 saturated heterocycles. The molecule has 0 spiro atoms. The first-order valence-electron chi connectivity index (χ1n) is 2.11. The molecule has 0 saturated carbocycles. The molecule has 0 amide bonds. The molecule has 0 aromatic rings. The Bertz CT molecular complexity index is 98.6. The average Bonchev–Trinajstić information content (AvgIpc) is 1.83. The zero-order valence-electron chi connectivity index (χ0n) is 4.56. The standard InChI is InChI=1S/C5H7BrO2/c1-8-5(7)3-2-4-6/h2-3H,4H2,1H3/b3-2+/i2+2,4+2. The predicted octanol–water partition coefficient (Wildman–Crippen LogP) is 1.11. The van der Waals surface area contributed by atoms with Crippen LogP contribution in [-0.2, 0) is 9.53 Å². The molecule has 0 N–H and O–H groups in total. The molecule has 2 nitrogen and oxygen atoms in total. The predicted molar refractivity (Wildman–Crippen MR) is 34.9 cm³/mol. The van der Waals surface area contributed by atoms with Crippen molar-refractivity contribution in [2.75, 3.05) is 12.4 Å². The van der Waals surface area contributed by atoms with E-state index in [0.29, 0.717) is 5.33 Å². The van der Waals surface area contributed by atoms with E-state index >= 15 is 0 Å². The Labute approximate surface area is 56.7 Å². The quantitative estimate of drug-likeness (QED) is 0.364. The van der Waals surface area contributed by atoms with E-state index in [2.05, 4.69) is 20.7 Å². The lowest BCUT2D eigenvalue weighted by Crippen LogP contribution is -1.93. The normalized spacial score (nSPS) is 9.75. The summed E-state index contributed by atoms with van der Waals surface area (Å²) >= 11 is 3.11. The third-order valence-corrected chi connectivity index (χ3v) is 0.918. The zero-order chi connectivity index (χ0) is 6.41. The minimum Gasteiger partial charge on any atom is -0.466 e. The van der Waals surface area contributed by atoms with Crippen LogP contribution in [0.3, 0.4) is 0 Å². The number of methoxy groups -OCH3 is 1. The van der Waals surface area contributed by atoms with Gasteiger partial charge in [-0.05, 0) is 0 Å². The molecule has 0 aromatic heterocycles. The Balaban J connectivity index is 3.37. The number of esters is 1. The molecule has 0 aromatic carbocycles. The molecular formula is C5H7BrO2. The third kappa shape index (κ3) is 3.87. The Morgan fingerprint density at radius 2 is 2.62 bits per heavy atom. The Morgan fingerprint density at radius 1 is 2.00 bits per heavy atom. The molecule has 0 unspecified atom stereocenters. The Morgan fingerprint density at radius 3 is 3.00 bits per heavy atom. The molecule has 0 radical (unpaired) electrons. The van der Waals surface area contributed by atoms with Crippen LogP contribution < -0.4 is 0 Å². The molecule has 0 atom stereocenters. The van der Waals surface area contributed by atoms with Crippen molar-refractivity contribution in [3.05, 3.63) is 12.2 Å². The molecule has 0 bridgehead atoms. The number of carbonyl (C=O) groups excluding carboxylic acids is 1. The summed E-state index contributed by atoms with van der Waals surface area (Å²) in [5.41, 5.74) is 0. The van der Waals surface area contributed by atoms with Crippen LogP contribution >= 0.6 is 15.9 Å². The average molecular weight is 183 g/mol. The van der Waals surface area contributed by atoms with E-state index < -0.39 is 0 Å². The maximum atomic E-state index is 10.2. The number of carbonyl (C=O) groups is 1. The van der Waals surface area contributed by atoms with E-state index in [1.165, 1.54) is 13.2 Å². The lowest BCUT2D eigenvalue weighted by atomic mass is 10.8. The van der Waals surface area contributed by atoms with Gasteiger partial charge in [0.05, 0.1) is 7.11 Å². The number of allylic oxidation sites excluding steroid dienone is 1. The highest BCUT2D eigenvalue weighted by molar-refractivity contribution is 9.09. The van der Waals surface area contributed by atoms with E-state index in [1.54, 1.807) is 6.08 Å². The summed E-state index contributed by atoms with van der Waals surface area (Å²) in [4.78, 5) is 10.2. The largest absolute Gasteiger partial charge is 0.466 e. The fourth-order valence-corrected chi connectivity index (χ4v) is 0.396. The highest BCUT2D eigenvalue weighted by atomic mass is 79.9. The topological polar surface area (TPSA) is 26.3 Å². The molecule has 46 valence electrons. The van der Waals surface area contributed by atoms with Crippen molar-refractivity contribution in [1.82, 2.24) is 0 Å². The van der Waals surface area contributed by atoms with Crippen LogP contribution in [0.2, 0.25) is 0 Å². The highest BCUT2D eigenvalue weighted by Gasteiger charge is 1.86. The summed E-state index contributed by atoms with van der Waals surface area (Å²) in [7, 11) is 1.35. The van der Waals surface area contributed by atoms with E-state index in [1.807, 2.05) is 0 Å². The fraction of sp³-hybridized carbons (Fsp3) is 0.400. The number of alkyl halides is 1. The number of hydrogen-bond donors (Lipinski definition) is 0. The van der Waals surface area contributed by atoms with Gasteiger partial charge in [0.2, 0.25) is 0 Å². The number of halogens is 1. The van der Waals surface area contributed by atoms with Gasteiger partial charge in [-0.25, -0.2) is 4.79 Å². The Hall–Kier alpha value is -0.310. The fourth-order valence-electron chi connectivity index (χ4n) is 0.209. The number of rotatable bonds is 2. The van der Waals surface area contributed by atoms with E-state index in [-0.39, 0.29) is 5.97 Å². The molecule has 0 aliphatic heterocycles. The van der Waals surface area contributed by atoms with Crippen LogP contribution in [0.5, 0.6) is 0 Å². The van der Waals surface area contributed by atoms with Crippen LogP contribution in [0.4, 0.5) is 0 Å². The first kappa shape index (κ1) is 7.69. The van der Waals surface area contributed by atoms with Gasteiger partial charge in [0.15, 0.2) is 0 Å². The second-order valence-electron chi connectivity index (χ2n) is 1.08. The monoisotopic (exact) mass is 182 g/mol.